The monoisotopic (exact) mass is 319 g/mol. The smallest absolute Gasteiger partial charge is 0.309 e. The number of hydrogen-bond acceptors (Lipinski definition) is 3. The van der Waals surface area contributed by atoms with Crippen LogP contribution in [-0.4, -0.2) is 12.1 Å². The predicted octanol–water partition coefficient (Wildman–Crippen LogP) is 5.39. The van der Waals surface area contributed by atoms with Crippen molar-refractivity contribution in [3.8, 4) is 6.07 Å². The SMILES string of the molecule is CCC[C@H]1CC[C@H](C(=O)O[C@H]2CC[C@@](C#N)(CCC)CC2)CC1. The van der Waals surface area contributed by atoms with Gasteiger partial charge < -0.3 is 4.74 Å². The Bertz CT molecular complexity index is 410. The van der Waals surface area contributed by atoms with E-state index in [9.17, 15) is 10.1 Å². The van der Waals surface area contributed by atoms with Gasteiger partial charge in [-0.1, -0.05) is 33.1 Å². The summed E-state index contributed by atoms with van der Waals surface area (Å²) in [7, 11) is 0. The molecule has 2 aliphatic rings. The minimum atomic E-state index is -0.157. The van der Waals surface area contributed by atoms with Crippen LogP contribution < -0.4 is 0 Å². The lowest BCUT2D eigenvalue weighted by Gasteiger charge is -2.35. The fourth-order valence-electron chi connectivity index (χ4n) is 4.51. The minimum Gasteiger partial charge on any atom is -0.462 e. The molecule has 0 spiro atoms. The molecule has 0 unspecified atom stereocenters. The predicted molar refractivity (Wildman–Crippen MR) is 91.7 cm³/mol. The van der Waals surface area contributed by atoms with E-state index in [-0.39, 0.29) is 23.4 Å². The molecule has 2 aliphatic carbocycles. The Balaban J connectivity index is 1.74. The van der Waals surface area contributed by atoms with E-state index < -0.39 is 0 Å². The largest absolute Gasteiger partial charge is 0.462 e. The molecule has 0 atom stereocenters. The van der Waals surface area contributed by atoms with Crippen LogP contribution in [0.2, 0.25) is 0 Å². The van der Waals surface area contributed by atoms with Gasteiger partial charge in [-0.15, -0.1) is 0 Å². The van der Waals surface area contributed by atoms with Crippen LogP contribution in [0.25, 0.3) is 0 Å². The van der Waals surface area contributed by atoms with Crippen molar-refractivity contribution in [3.05, 3.63) is 0 Å². The zero-order valence-corrected chi connectivity index (χ0v) is 15.0. The molecule has 0 N–H and O–H groups in total. The maximum absolute atomic E-state index is 12.4. The lowest BCUT2D eigenvalue weighted by atomic mass is 9.71. The lowest BCUT2D eigenvalue weighted by molar-refractivity contribution is -0.158. The summed E-state index contributed by atoms with van der Waals surface area (Å²) in [5.74, 6) is 0.982. The standard InChI is InChI=1S/C20H33NO2/c1-3-5-16-6-8-17(9-7-16)19(22)23-18-10-13-20(15-21,12-4-2)14-11-18/h16-18H,3-14H2,1-2H3/t16-,17-,18-,20-. The molecule has 2 fully saturated rings. The van der Waals surface area contributed by atoms with Crippen molar-refractivity contribution in [2.75, 3.05) is 0 Å². The first kappa shape index (κ1) is 18.3. The Morgan fingerprint density at radius 1 is 1.09 bits per heavy atom. The molecule has 3 heteroatoms. The van der Waals surface area contributed by atoms with E-state index in [0.29, 0.717) is 0 Å². The molecule has 0 bridgehead atoms. The fraction of sp³-hybridized carbons (Fsp3) is 0.900. The first-order valence-electron chi connectivity index (χ1n) is 9.74. The summed E-state index contributed by atoms with van der Waals surface area (Å²) in [4.78, 5) is 12.4. The van der Waals surface area contributed by atoms with Crippen LogP contribution in [-0.2, 0) is 9.53 Å². The van der Waals surface area contributed by atoms with Crippen molar-refractivity contribution < 1.29 is 9.53 Å². The number of esters is 1. The Kier molecular flexibility index (Phi) is 6.93. The first-order valence-corrected chi connectivity index (χ1v) is 9.74. The molecule has 0 amide bonds. The van der Waals surface area contributed by atoms with Gasteiger partial charge in [-0.25, -0.2) is 0 Å². The molecule has 2 rings (SSSR count). The van der Waals surface area contributed by atoms with Crippen LogP contribution in [0.3, 0.4) is 0 Å². The highest BCUT2D eigenvalue weighted by Gasteiger charge is 2.37. The van der Waals surface area contributed by atoms with Crippen LogP contribution in [0, 0.1) is 28.6 Å². The van der Waals surface area contributed by atoms with Gasteiger partial charge >= 0.3 is 5.97 Å². The van der Waals surface area contributed by atoms with Gasteiger partial charge in [0.05, 0.1) is 17.4 Å². The third-order valence-electron chi connectivity index (χ3n) is 6.02. The van der Waals surface area contributed by atoms with Crippen molar-refractivity contribution in [2.24, 2.45) is 17.3 Å². The van der Waals surface area contributed by atoms with E-state index in [1.54, 1.807) is 0 Å². The second-order valence-electron chi connectivity index (χ2n) is 7.78. The number of carbonyl (C=O) groups excluding carboxylic acids is 1. The summed E-state index contributed by atoms with van der Waals surface area (Å²) in [5.41, 5.74) is -0.157. The lowest BCUT2D eigenvalue weighted by Crippen LogP contribution is -2.33. The van der Waals surface area contributed by atoms with E-state index in [1.807, 2.05) is 0 Å². The first-order chi connectivity index (χ1) is 11.1. The molecule has 0 aromatic carbocycles. The molecule has 130 valence electrons. The number of nitriles is 1. The highest BCUT2D eigenvalue weighted by Crippen LogP contribution is 2.41. The van der Waals surface area contributed by atoms with Gasteiger partial charge in [-0.3, -0.25) is 4.79 Å². The topological polar surface area (TPSA) is 50.1 Å². The normalized spacial score (nSPS) is 34.6. The summed E-state index contributed by atoms with van der Waals surface area (Å²) in [6, 6.07) is 2.53. The molecule has 0 aromatic rings. The quantitative estimate of drug-likeness (QED) is 0.617. The van der Waals surface area contributed by atoms with E-state index in [0.717, 1.165) is 57.3 Å². The Labute approximate surface area is 141 Å². The zero-order chi connectivity index (χ0) is 16.7. The maximum Gasteiger partial charge on any atom is 0.309 e. The number of hydrogen-bond donors (Lipinski definition) is 0. The average Bonchev–Trinajstić information content (AvgIpc) is 2.58. The van der Waals surface area contributed by atoms with E-state index >= 15 is 0 Å². The maximum atomic E-state index is 12.4. The third kappa shape index (κ3) is 4.96. The summed E-state index contributed by atoms with van der Waals surface area (Å²) < 4.78 is 5.79. The molecule has 0 aromatic heterocycles. The second kappa shape index (κ2) is 8.71. The van der Waals surface area contributed by atoms with Gasteiger partial charge in [0, 0.05) is 0 Å². The van der Waals surface area contributed by atoms with Crippen LogP contribution >= 0.6 is 0 Å². The van der Waals surface area contributed by atoms with Crippen LogP contribution in [0.1, 0.15) is 90.9 Å². The molecular weight excluding hydrogens is 286 g/mol. The van der Waals surface area contributed by atoms with Crippen LogP contribution in [0.4, 0.5) is 0 Å². The van der Waals surface area contributed by atoms with Crippen molar-refractivity contribution >= 4 is 5.97 Å². The highest BCUT2D eigenvalue weighted by molar-refractivity contribution is 5.72. The fourth-order valence-corrected chi connectivity index (χ4v) is 4.51. The Hall–Kier alpha value is -1.04. The number of ether oxygens (including phenoxy) is 1. The van der Waals surface area contributed by atoms with Crippen molar-refractivity contribution in [1.82, 2.24) is 0 Å². The van der Waals surface area contributed by atoms with Crippen LogP contribution in [0.5, 0.6) is 0 Å². The van der Waals surface area contributed by atoms with Crippen molar-refractivity contribution in [3.63, 3.8) is 0 Å². The molecule has 3 nitrogen and oxygen atoms in total. The molecule has 2 saturated carbocycles. The van der Waals surface area contributed by atoms with E-state index in [4.69, 9.17) is 4.74 Å². The summed E-state index contributed by atoms with van der Waals surface area (Å²) in [6.45, 7) is 4.38. The summed E-state index contributed by atoms with van der Waals surface area (Å²) in [5, 5.41) is 9.46. The molecular formula is C20H33NO2. The highest BCUT2D eigenvalue weighted by atomic mass is 16.5. The van der Waals surface area contributed by atoms with Crippen molar-refractivity contribution in [2.45, 2.75) is 97.0 Å². The molecule has 0 heterocycles. The molecule has 23 heavy (non-hydrogen) atoms. The molecule has 0 saturated heterocycles. The Morgan fingerprint density at radius 2 is 1.74 bits per heavy atom. The number of nitrogens with zero attached hydrogens (tertiary/aromatic N) is 1. The van der Waals surface area contributed by atoms with E-state index in [1.165, 1.54) is 25.7 Å². The summed E-state index contributed by atoms with van der Waals surface area (Å²) in [6.07, 6.45) is 12.5. The zero-order valence-electron chi connectivity index (χ0n) is 15.0. The van der Waals surface area contributed by atoms with Gasteiger partial charge in [-0.05, 0) is 63.7 Å². The molecule has 0 aliphatic heterocycles. The Morgan fingerprint density at radius 3 is 2.26 bits per heavy atom. The van der Waals surface area contributed by atoms with E-state index in [2.05, 4.69) is 19.9 Å². The van der Waals surface area contributed by atoms with Gasteiger partial charge in [0.2, 0.25) is 0 Å². The van der Waals surface area contributed by atoms with Gasteiger partial charge in [0.25, 0.3) is 0 Å². The third-order valence-corrected chi connectivity index (χ3v) is 6.02. The minimum absolute atomic E-state index is 0.0323. The van der Waals surface area contributed by atoms with Gasteiger partial charge in [0.15, 0.2) is 0 Å². The van der Waals surface area contributed by atoms with Crippen molar-refractivity contribution in [1.29, 1.82) is 5.26 Å². The van der Waals surface area contributed by atoms with Crippen LogP contribution in [0.15, 0.2) is 0 Å². The summed E-state index contributed by atoms with van der Waals surface area (Å²) >= 11 is 0. The second-order valence-corrected chi connectivity index (χ2v) is 7.78. The average molecular weight is 319 g/mol. The number of carbonyl (C=O) groups is 1. The van der Waals surface area contributed by atoms with Gasteiger partial charge in [-0.2, -0.15) is 5.26 Å². The van der Waals surface area contributed by atoms with Gasteiger partial charge in [0.1, 0.15) is 6.10 Å². The molecule has 0 radical (unpaired) electrons. The number of rotatable bonds is 6.